The van der Waals surface area contributed by atoms with Gasteiger partial charge in [0.15, 0.2) is 5.13 Å². The Balaban J connectivity index is 0.00000123. The highest BCUT2D eigenvalue weighted by molar-refractivity contribution is 7.14. The average molecular weight is 349 g/mol. The van der Waals surface area contributed by atoms with E-state index in [4.69, 9.17) is 5.11 Å². The van der Waals surface area contributed by atoms with Crippen molar-refractivity contribution in [3.05, 3.63) is 53.3 Å². The molecule has 2 heterocycles. The molecular formula is C18H28N4OS. The molecule has 0 radical (unpaired) electrons. The van der Waals surface area contributed by atoms with Crippen molar-refractivity contribution < 1.29 is 5.11 Å². The first-order valence-electron chi connectivity index (χ1n) is 7.72. The molecule has 0 unspecified atom stereocenters. The van der Waals surface area contributed by atoms with Gasteiger partial charge >= 0.3 is 0 Å². The zero-order valence-corrected chi connectivity index (χ0v) is 15.9. The van der Waals surface area contributed by atoms with E-state index in [1.807, 2.05) is 36.7 Å². The Bertz CT molecular complexity index is 621. The monoisotopic (exact) mass is 348 g/mol. The zero-order valence-electron chi connectivity index (χ0n) is 15.1. The molecule has 24 heavy (non-hydrogen) atoms. The van der Waals surface area contributed by atoms with Gasteiger partial charge < -0.3 is 16.2 Å². The van der Waals surface area contributed by atoms with Gasteiger partial charge in [-0.25, -0.2) is 4.98 Å². The first kappa shape index (κ1) is 22.0. The van der Waals surface area contributed by atoms with Crippen molar-refractivity contribution in [3.8, 4) is 11.3 Å². The lowest BCUT2D eigenvalue weighted by molar-refractivity contribution is 0.399. The maximum Gasteiger partial charge on any atom is 0.187 e. The molecule has 2 rings (SSSR count). The van der Waals surface area contributed by atoms with Crippen LogP contribution >= 0.6 is 11.3 Å². The summed E-state index contributed by atoms with van der Waals surface area (Å²) in [5.74, 6) is 0. The van der Waals surface area contributed by atoms with Crippen LogP contribution in [0.3, 0.4) is 0 Å². The van der Waals surface area contributed by atoms with Crippen LogP contribution in [0.4, 0.5) is 5.13 Å². The molecule has 0 fully saturated rings. The van der Waals surface area contributed by atoms with Gasteiger partial charge in [-0.05, 0) is 45.5 Å². The summed E-state index contributed by atoms with van der Waals surface area (Å²) in [6.45, 7) is 6.31. The number of rotatable bonds is 5. The second kappa shape index (κ2) is 13.4. The molecular weight excluding hydrogens is 320 g/mol. The van der Waals surface area contributed by atoms with Crippen molar-refractivity contribution in [2.24, 2.45) is 5.73 Å². The molecule has 132 valence electrons. The lowest BCUT2D eigenvalue weighted by Gasteiger charge is -2.07. The molecule has 0 saturated heterocycles. The van der Waals surface area contributed by atoms with E-state index in [0.717, 1.165) is 35.6 Å². The summed E-state index contributed by atoms with van der Waals surface area (Å²) in [5.41, 5.74) is 8.95. The molecule has 6 heteroatoms. The summed E-state index contributed by atoms with van der Waals surface area (Å²) >= 11 is 1.61. The second-order valence-corrected chi connectivity index (χ2v) is 5.31. The smallest absolute Gasteiger partial charge is 0.187 e. The minimum absolute atomic E-state index is 0.907. The van der Waals surface area contributed by atoms with Crippen molar-refractivity contribution >= 4 is 16.5 Å². The Morgan fingerprint density at radius 2 is 2.08 bits per heavy atom. The Labute approximate surface area is 149 Å². The van der Waals surface area contributed by atoms with E-state index in [0.29, 0.717) is 0 Å². The highest BCUT2D eigenvalue weighted by Gasteiger charge is 2.06. The van der Waals surface area contributed by atoms with E-state index in [2.05, 4.69) is 40.9 Å². The molecule has 0 aliphatic carbocycles. The molecule has 0 bridgehead atoms. The molecule has 2 aromatic heterocycles. The Morgan fingerprint density at radius 1 is 1.38 bits per heavy atom. The fraction of sp³-hybridized carbons (Fsp3) is 0.333. The standard InChI is InChI=1S/C16H19N3S.CH5N.CH4O/c1-4-7-14(12(3)5-2)18-16-19-15(11-20-16)13-8-6-9-17-10-13;2*1-2/h4,6-11H,5H2,1-3H3,(H,18,19);2H2,1H3;2H,1H3/b7-4-,14-12+;;. The fourth-order valence-electron chi connectivity index (χ4n) is 1.74. The van der Waals surface area contributed by atoms with Gasteiger partial charge in [0.1, 0.15) is 0 Å². The SMILES string of the molecule is C/C=C\C(Nc1nc(-c2cccnc2)cs1)=C(\C)CC.CN.CO. The number of aliphatic hydroxyl groups excluding tert-OH is 1. The number of aromatic nitrogens is 2. The summed E-state index contributed by atoms with van der Waals surface area (Å²) in [6.07, 6.45) is 8.75. The average Bonchev–Trinajstić information content (AvgIpc) is 3.13. The quantitative estimate of drug-likeness (QED) is 0.710. The van der Waals surface area contributed by atoms with Gasteiger partial charge in [-0.1, -0.05) is 18.6 Å². The summed E-state index contributed by atoms with van der Waals surface area (Å²) < 4.78 is 0. The Kier molecular flexibility index (Phi) is 12.3. The number of hydrogen-bond donors (Lipinski definition) is 3. The van der Waals surface area contributed by atoms with E-state index >= 15 is 0 Å². The third-order valence-electron chi connectivity index (χ3n) is 3.03. The molecule has 2 aromatic rings. The summed E-state index contributed by atoms with van der Waals surface area (Å²) in [4.78, 5) is 8.74. The molecule has 0 aliphatic rings. The lowest BCUT2D eigenvalue weighted by Crippen LogP contribution is -1.99. The van der Waals surface area contributed by atoms with Crippen molar-refractivity contribution in [2.45, 2.75) is 27.2 Å². The second-order valence-electron chi connectivity index (χ2n) is 4.45. The van der Waals surface area contributed by atoms with Crippen LogP contribution in [0.2, 0.25) is 0 Å². The number of hydrogen-bond acceptors (Lipinski definition) is 6. The minimum Gasteiger partial charge on any atom is -0.400 e. The third kappa shape index (κ3) is 7.04. The van der Waals surface area contributed by atoms with Gasteiger partial charge in [-0.3, -0.25) is 4.98 Å². The molecule has 0 aromatic carbocycles. The molecule has 0 spiro atoms. The predicted molar refractivity (Wildman–Crippen MR) is 105 cm³/mol. The molecule has 5 nitrogen and oxygen atoms in total. The summed E-state index contributed by atoms with van der Waals surface area (Å²) in [5, 5.41) is 13.4. The van der Waals surface area contributed by atoms with E-state index in [9.17, 15) is 0 Å². The maximum atomic E-state index is 7.00. The number of nitrogens with two attached hydrogens (primary N) is 1. The van der Waals surface area contributed by atoms with Gasteiger partial charge in [-0.15, -0.1) is 11.3 Å². The normalized spacial score (nSPS) is 11.0. The maximum absolute atomic E-state index is 7.00. The predicted octanol–water partition coefficient (Wildman–Crippen LogP) is 4.06. The number of aliphatic hydroxyl groups is 1. The number of allylic oxidation sites excluding steroid dienone is 3. The largest absolute Gasteiger partial charge is 0.400 e. The van der Waals surface area contributed by atoms with Crippen molar-refractivity contribution in [3.63, 3.8) is 0 Å². The van der Waals surface area contributed by atoms with E-state index in [1.54, 1.807) is 17.5 Å². The van der Waals surface area contributed by atoms with E-state index in [-0.39, 0.29) is 0 Å². The highest BCUT2D eigenvalue weighted by atomic mass is 32.1. The van der Waals surface area contributed by atoms with Gasteiger partial charge in [0.25, 0.3) is 0 Å². The summed E-state index contributed by atoms with van der Waals surface area (Å²) in [6, 6.07) is 3.94. The minimum atomic E-state index is 0.907. The van der Waals surface area contributed by atoms with E-state index < -0.39 is 0 Å². The van der Waals surface area contributed by atoms with E-state index in [1.165, 1.54) is 12.6 Å². The number of nitrogens with one attached hydrogen (secondary N) is 1. The lowest BCUT2D eigenvalue weighted by atomic mass is 10.2. The van der Waals surface area contributed by atoms with Gasteiger partial charge in [-0.2, -0.15) is 0 Å². The first-order chi connectivity index (χ1) is 11.7. The van der Waals surface area contributed by atoms with Gasteiger partial charge in [0.2, 0.25) is 0 Å². The van der Waals surface area contributed by atoms with Crippen LogP contribution in [-0.2, 0) is 0 Å². The van der Waals surface area contributed by atoms with Crippen LogP contribution in [0, 0.1) is 0 Å². The Morgan fingerprint density at radius 3 is 2.62 bits per heavy atom. The third-order valence-corrected chi connectivity index (χ3v) is 3.78. The van der Waals surface area contributed by atoms with Crippen molar-refractivity contribution in [2.75, 3.05) is 19.5 Å². The number of nitrogens with zero attached hydrogens (tertiary/aromatic N) is 2. The molecule has 0 aliphatic heterocycles. The number of pyridine rings is 1. The topological polar surface area (TPSA) is 84.1 Å². The zero-order chi connectivity index (χ0) is 18.4. The van der Waals surface area contributed by atoms with Crippen molar-refractivity contribution in [1.29, 1.82) is 0 Å². The van der Waals surface area contributed by atoms with Gasteiger partial charge in [0.05, 0.1) is 5.69 Å². The highest BCUT2D eigenvalue weighted by Crippen LogP contribution is 2.26. The molecule has 4 N–H and O–H groups in total. The molecule has 0 atom stereocenters. The summed E-state index contributed by atoms with van der Waals surface area (Å²) in [7, 11) is 2.50. The van der Waals surface area contributed by atoms with Crippen LogP contribution in [0.25, 0.3) is 11.3 Å². The van der Waals surface area contributed by atoms with Crippen LogP contribution < -0.4 is 11.1 Å². The molecule has 0 saturated carbocycles. The first-order valence-corrected chi connectivity index (χ1v) is 8.60. The number of thiazole rings is 1. The van der Waals surface area contributed by atoms with Crippen LogP contribution in [0.5, 0.6) is 0 Å². The van der Waals surface area contributed by atoms with Crippen molar-refractivity contribution in [1.82, 2.24) is 9.97 Å². The van der Waals surface area contributed by atoms with Crippen LogP contribution in [0.1, 0.15) is 27.2 Å². The van der Waals surface area contributed by atoms with Gasteiger partial charge in [0, 0.05) is 36.1 Å². The number of anilines is 1. The van der Waals surface area contributed by atoms with Crippen LogP contribution in [-0.4, -0.2) is 29.2 Å². The molecule has 0 amide bonds. The fourth-order valence-corrected chi connectivity index (χ4v) is 2.47. The Hall–Kier alpha value is -2.02. The van der Waals surface area contributed by atoms with Crippen LogP contribution in [0.15, 0.2) is 53.3 Å².